The second-order valence-electron chi connectivity index (χ2n) is 7.24. The Kier molecular flexibility index (Phi) is 5.23. The molecule has 1 aromatic carbocycles. The van der Waals surface area contributed by atoms with Gasteiger partial charge in [0.15, 0.2) is 0 Å². The Morgan fingerprint density at radius 2 is 1.77 bits per heavy atom. The fourth-order valence-electron chi connectivity index (χ4n) is 3.64. The first-order valence-corrected chi connectivity index (χ1v) is 9.23. The summed E-state index contributed by atoms with van der Waals surface area (Å²) in [6.45, 7) is 0.881. The Bertz CT molecular complexity index is 707. The van der Waals surface area contributed by atoms with E-state index in [9.17, 15) is 14.4 Å². The number of carbonyl (C=O) groups is 3. The molecule has 0 radical (unpaired) electrons. The van der Waals surface area contributed by atoms with Gasteiger partial charge in [-0.3, -0.25) is 14.4 Å². The summed E-state index contributed by atoms with van der Waals surface area (Å²) in [6.07, 6.45) is 2.48. The number of likely N-dealkylation sites (tertiary alicyclic amines) is 1. The van der Waals surface area contributed by atoms with Gasteiger partial charge in [-0.25, -0.2) is 0 Å². The molecule has 0 spiro atoms. The maximum atomic E-state index is 12.9. The molecule has 0 bridgehead atoms. The van der Waals surface area contributed by atoms with Crippen molar-refractivity contribution < 1.29 is 19.5 Å². The van der Waals surface area contributed by atoms with Crippen LogP contribution in [0.4, 0.5) is 0 Å². The number of aliphatic carboxylic acids is 1. The summed E-state index contributed by atoms with van der Waals surface area (Å²) in [5.41, 5.74) is 0.407. The zero-order valence-electron chi connectivity index (χ0n) is 14.8. The molecule has 1 N–H and O–H groups in total. The largest absolute Gasteiger partial charge is 0.481 e. The van der Waals surface area contributed by atoms with E-state index >= 15 is 0 Å². The number of carboxylic acid groups (broad SMARTS) is 1. The number of halogens is 1. The van der Waals surface area contributed by atoms with Crippen molar-refractivity contribution in [2.75, 3.05) is 26.7 Å². The van der Waals surface area contributed by atoms with E-state index < -0.39 is 11.4 Å². The molecule has 1 aliphatic heterocycles. The van der Waals surface area contributed by atoms with E-state index in [1.54, 1.807) is 24.1 Å². The molecule has 140 valence electrons. The first-order chi connectivity index (χ1) is 12.3. The molecule has 0 atom stereocenters. The number of carbonyl (C=O) groups excluding carboxylic acids is 2. The summed E-state index contributed by atoms with van der Waals surface area (Å²) >= 11 is 5.93. The third kappa shape index (κ3) is 3.70. The number of hydrogen-bond donors (Lipinski definition) is 1. The van der Waals surface area contributed by atoms with Gasteiger partial charge in [-0.1, -0.05) is 23.7 Å². The molecule has 0 unspecified atom stereocenters. The molecule has 1 aromatic rings. The van der Waals surface area contributed by atoms with Gasteiger partial charge < -0.3 is 14.9 Å². The number of nitrogens with zero attached hydrogens (tertiary/aromatic N) is 2. The minimum atomic E-state index is -0.803. The van der Waals surface area contributed by atoms with Gasteiger partial charge in [-0.2, -0.15) is 0 Å². The number of rotatable bonds is 5. The van der Waals surface area contributed by atoms with E-state index in [1.165, 1.54) is 4.90 Å². The zero-order valence-corrected chi connectivity index (χ0v) is 15.5. The van der Waals surface area contributed by atoms with Crippen LogP contribution in [-0.2, 0) is 19.8 Å². The Balaban J connectivity index is 1.58. The van der Waals surface area contributed by atoms with Gasteiger partial charge in [0.2, 0.25) is 11.8 Å². The standard InChI is InChI=1S/C19H23ClN2O4/c1-21(12-16(23)22-10-6-13(7-11-22)17(24)25)18(26)19(8-9-19)14-2-4-15(20)5-3-14/h2-5,13H,6-12H2,1H3,(H,24,25). The number of benzene rings is 1. The van der Waals surface area contributed by atoms with E-state index in [1.807, 2.05) is 12.1 Å². The summed E-state index contributed by atoms with van der Waals surface area (Å²) in [7, 11) is 1.65. The van der Waals surface area contributed by atoms with Crippen LogP contribution >= 0.6 is 11.6 Å². The van der Waals surface area contributed by atoms with Crippen LogP contribution in [0.5, 0.6) is 0 Å². The number of carboxylic acids is 1. The Labute approximate surface area is 157 Å². The molecule has 0 aromatic heterocycles. The SMILES string of the molecule is CN(CC(=O)N1CCC(C(=O)O)CC1)C(=O)C1(c2ccc(Cl)cc2)CC1. The van der Waals surface area contributed by atoms with Crippen molar-refractivity contribution in [3.05, 3.63) is 34.9 Å². The highest BCUT2D eigenvalue weighted by Gasteiger charge is 2.52. The summed E-state index contributed by atoms with van der Waals surface area (Å²) in [4.78, 5) is 39.6. The maximum Gasteiger partial charge on any atom is 0.306 e. The molecule has 2 aliphatic rings. The van der Waals surface area contributed by atoms with Gasteiger partial charge in [-0.15, -0.1) is 0 Å². The van der Waals surface area contributed by atoms with Crippen molar-refractivity contribution in [3.8, 4) is 0 Å². The molecule has 6 nitrogen and oxygen atoms in total. The smallest absolute Gasteiger partial charge is 0.306 e. The summed E-state index contributed by atoms with van der Waals surface area (Å²) in [5, 5.41) is 9.67. The molecule has 3 rings (SSSR count). The van der Waals surface area contributed by atoms with Crippen LogP contribution < -0.4 is 0 Å². The fraction of sp³-hybridized carbons (Fsp3) is 0.526. The molecule has 7 heteroatoms. The molecule has 1 saturated heterocycles. The molecule has 1 aliphatic carbocycles. The van der Waals surface area contributed by atoms with Crippen LogP contribution in [0.15, 0.2) is 24.3 Å². The van der Waals surface area contributed by atoms with Gasteiger partial charge in [-0.05, 0) is 43.4 Å². The molecule has 26 heavy (non-hydrogen) atoms. The Morgan fingerprint density at radius 3 is 2.27 bits per heavy atom. The predicted octanol–water partition coefficient (Wildman–Crippen LogP) is 2.15. The minimum absolute atomic E-state index is 0.0198. The van der Waals surface area contributed by atoms with Crippen LogP contribution in [0.2, 0.25) is 5.02 Å². The first kappa shape index (κ1) is 18.7. The van der Waals surface area contributed by atoms with Crippen LogP contribution in [0.3, 0.4) is 0 Å². The van der Waals surface area contributed by atoms with Gasteiger partial charge in [0.25, 0.3) is 0 Å². The van der Waals surface area contributed by atoms with E-state index in [4.69, 9.17) is 16.7 Å². The average molecular weight is 379 g/mol. The van der Waals surface area contributed by atoms with Gasteiger partial charge >= 0.3 is 5.97 Å². The monoisotopic (exact) mass is 378 g/mol. The van der Waals surface area contributed by atoms with Crippen molar-refractivity contribution in [2.45, 2.75) is 31.1 Å². The van der Waals surface area contributed by atoms with Crippen LogP contribution in [-0.4, -0.2) is 59.4 Å². The van der Waals surface area contributed by atoms with E-state index in [0.717, 1.165) is 18.4 Å². The molecule has 1 saturated carbocycles. The van der Waals surface area contributed by atoms with Gasteiger partial charge in [0.1, 0.15) is 0 Å². The summed E-state index contributed by atoms with van der Waals surface area (Å²) in [5.74, 6) is -1.36. The van der Waals surface area contributed by atoms with E-state index in [-0.39, 0.29) is 24.3 Å². The van der Waals surface area contributed by atoms with Crippen molar-refractivity contribution in [1.29, 1.82) is 0 Å². The number of piperidine rings is 1. The quantitative estimate of drug-likeness (QED) is 0.851. The highest BCUT2D eigenvalue weighted by atomic mass is 35.5. The van der Waals surface area contributed by atoms with E-state index in [2.05, 4.69) is 0 Å². The molecule has 2 amide bonds. The fourth-order valence-corrected chi connectivity index (χ4v) is 3.76. The molecular formula is C19H23ClN2O4. The van der Waals surface area contributed by atoms with Crippen molar-refractivity contribution >= 4 is 29.4 Å². The third-order valence-corrected chi connectivity index (χ3v) is 5.72. The highest BCUT2D eigenvalue weighted by Crippen LogP contribution is 2.49. The third-order valence-electron chi connectivity index (χ3n) is 5.47. The molecular weight excluding hydrogens is 356 g/mol. The number of likely N-dealkylation sites (N-methyl/N-ethyl adjacent to an activating group) is 1. The second kappa shape index (κ2) is 7.27. The number of hydrogen-bond acceptors (Lipinski definition) is 3. The second-order valence-corrected chi connectivity index (χ2v) is 7.68. The maximum absolute atomic E-state index is 12.9. The summed E-state index contributed by atoms with van der Waals surface area (Å²) < 4.78 is 0. The lowest BCUT2D eigenvalue weighted by atomic mass is 9.94. The first-order valence-electron chi connectivity index (χ1n) is 8.86. The lowest BCUT2D eigenvalue weighted by Crippen LogP contribution is -2.47. The lowest BCUT2D eigenvalue weighted by molar-refractivity contribution is -0.146. The predicted molar refractivity (Wildman–Crippen MR) is 96.9 cm³/mol. The topological polar surface area (TPSA) is 77.9 Å². The normalized spacial score (nSPS) is 19.1. The minimum Gasteiger partial charge on any atom is -0.481 e. The van der Waals surface area contributed by atoms with Crippen LogP contribution in [0.1, 0.15) is 31.2 Å². The van der Waals surface area contributed by atoms with Crippen molar-refractivity contribution in [1.82, 2.24) is 9.80 Å². The van der Waals surface area contributed by atoms with Crippen molar-refractivity contribution in [2.24, 2.45) is 5.92 Å². The highest BCUT2D eigenvalue weighted by molar-refractivity contribution is 6.30. The van der Waals surface area contributed by atoms with Gasteiger partial charge in [0.05, 0.1) is 17.9 Å². The summed E-state index contributed by atoms with van der Waals surface area (Å²) in [6, 6.07) is 7.31. The van der Waals surface area contributed by atoms with E-state index in [0.29, 0.717) is 31.0 Å². The Morgan fingerprint density at radius 1 is 1.19 bits per heavy atom. The molecule has 1 heterocycles. The van der Waals surface area contributed by atoms with Gasteiger partial charge in [0, 0.05) is 25.2 Å². The number of amides is 2. The molecule has 2 fully saturated rings. The lowest BCUT2D eigenvalue weighted by Gasteiger charge is -2.32. The van der Waals surface area contributed by atoms with Crippen LogP contribution in [0, 0.1) is 5.92 Å². The average Bonchev–Trinajstić information content (AvgIpc) is 3.43. The van der Waals surface area contributed by atoms with Crippen molar-refractivity contribution in [3.63, 3.8) is 0 Å². The Hall–Kier alpha value is -2.08. The van der Waals surface area contributed by atoms with Crippen LogP contribution in [0.25, 0.3) is 0 Å². The zero-order chi connectivity index (χ0) is 18.9.